The monoisotopic (exact) mass is 506 g/mol. The zero-order valence-corrected chi connectivity index (χ0v) is 22.2. The van der Waals surface area contributed by atoms with Crippen molar-refractivity contribution in [1.82, 2.24) is 9.80 Å². The Bertz CT molecular complexity index is 819. The number of fused-ring (bicyclic) bond motifs is 1. The molecule has 3 fully saturated rings. The van der Waals surface area contributed by atoms with Crippen LogP contribution < -0.4 is 0 Å². The summed E-state index contributed by atoms with van der Waals surface area (Å²) in [4.78, 5) is 44.9. The molecule has 3 heterocycles. The lowest BCUT2D eigenvalue weighted by Gasteiger charge is -2.37. The lowest BCUT2D eigenvalue weighted by Crippen LogP contribution is -2.55. The molecule has 3 rings (SSSR count). The van der Waals surface area contributed by atoms with Crippen LogP contribution in [-0.4, -0.2) is 81.1 Å². The van der Waals surface area contributed by atoms with E-state index in [-0.39, 0.29) is 31.0 Å². The molecule has 7 nitrogen and oxygen atoms in total. The van der Waals surface area contributed by atoms with Gasteiger partial charge in [-0.1, -0.05) is 31.9 Å². The van der Waals surface area contributed by atoms with Crippen LogP contribution in [0.3, 0.4) is 0 Å². The molecule has 0 aliphatic carbocycles. The van der Waals surface area contributed by atoms with Crippen molar-refractivity contribution in [3.8, 4) is 0 Å². The first-order chi connectivity index (χ1) is 16.8. The summed E-state index contributed by atoms with van der Waals surface area (Å²) < 4.78 is 4.53. The predicted molar refractivity (Wildman–Crippen MR) is 139 cm³/mol. The maximum atomic E-state index is 14.1. The molecule has 3 aliphatic heterocycles. The number of carbonyl (C=O) groups excluding carboxylic acids is 3. The molecule has 1 N–H and O–H groups in total. The summed E-state index contributed by atoms with van der Waals surface area (Å²) in [7, 11) is 0. The highest BCUT2D eigenvalue weighted by Crippen LogP contribution is 2.71. The Morgan fingerprint density at radius 1 is 1.23 bits per heavy atom. The standard InChI is InChI=1S/C27H42N2O5S/c1-5-8-10-16-28(15-7-3)24(32)22-27-14-13-26(4,35-27)21(25(33)34-19-9-6-2)20(27)23(31)29(22)17-11-12-18-30/h6-7,20-22,30H,2-3,5,8-19H2,1,4H3/t20-,21+,22?,26-,27?/m0/s1. The Labute approximate surface area is 214 Å². The van der Waals surface area contributed by atoms with Gasteiger partial charge in [-0.3, -0.25) is 14.4 Å². The van der Waals surface area contributed by atoms with Gasteiger partial charge in [-0.05, 0) is 45.4 Å². The van der Waals surface area contributed by atoms with E-state index < -0.39 is 27.4 Å². The van der Waals surface area contributed by atoms with Gasteiger partial charge >= 0.3 is 5.97 Å². The molecule has 8 heteroatoms. The predicted octanol–water partition coefficient (Wildman–Crippen LogP) is 3.56. The maximum Gasteiger partial charge on any atom is 0.311 e. The van der Waals surface area contributed by atoms with Gasteiger partial charge in [0.15, 0.2) is 0 Å². The van der Waals surface area contributed by atoms with Gasteiger partial charge in [-0.25, -0.2) is 0 Å². The van der Waals surface area contributed by atoms with Crippen LogP contribution in [0, 0.1) is 11.8 Å². The van der Waals surface area contributed by atoms with E-state index in [1.165, 1.54) is 0 Å². The van der Waals surface area contributed by atoms with Crippen molar-refractivity contribution in [1.29, 1.82) is 0 Å². The Hall–Kier alpha value is -1.80. The summed E-state index contributed by atoms with van der Waals surface area (Å²) in [5, 5.41) is 9.31. The first kappa shape index (κ1) is 27.8. The van der Waals surface area contributed by atoms with Gasteiger partial charge in [-0.2, -0.15) is 0 Å². The number of carbonyl (C=O) groups is 3. The van der Waals surface area contributed by atoms with Crippen molar-refractivity contribution in [3.05, 3.63) is 25.3 Å². The second-order valence-corrected chi connectivity index (χ2v) is 12.1. The van der Waals surface area contributed by atoms with Crippen molar-refractivity contribution in [2.45, 2.75) is 80.7 Å². The average molecular weight is 507 g/mol. The fourth-order valence-electron chi connectivity index (χ4n) is 6.20. The topological polar surface area (TPSA) is 87.1 Å². The molecule has 2 amide bonds. The van der Waals surface area contributed by atoms with Gasteiger partial charge in [0.2, 0.25) is 11.8 Å². The minimum atomic E-state index is -0.631. The number of nitrogens with zero attached hydrogens (tertiary/aromatic N) is 2. The summed E-state index contributed by atoms with van der Waals surface area (Å²) in [5.41, 5.74) is 0. The van der Waals surface area contributed by atoms with E-state index in [2.05, 4.69) is 27.0 Å². The third kappa shape index (κ3) is 5.19. The number of ether oxygens (including phenoxy) is 1. The molecule has 3 aliphatic rings. The van der Waals surface area contributed by atoms with Crippen molar-refractivity contribution in [3.63, 3.8) is 0 Å². The summed E-state index contributed by atoms with van der Waals surface area (Å²) in [5.74, 6) is -1.62. The van der Waals surface area contributed by atoms with Crippen LogP contribution in [0.15, 0.2) is 25.3 Å². The van der Waals surface area contributed by atoms with Crippen LogP contribution in [0.4, 0.5) is 0 Å². The van der Waals surface area contributed by atoms with Gasteiger partial charge in [-0.15, -0.1) is 24.9 Å². The van der Waals surface area contributed by atoms with E-state index >= 15 is 0 Å². The van der Waals surface area contributed by atoms with Crippen molar-refractivity contribution >= 4 is 29.5 Å². The zero-order chi connectivity index (χ0) is 25.6. The van der Waals surface area contributed by atoms with Crippen molar-refractivity contribution in [2.75, 3.05) is 32.8 Å². The molecule has 2 unspecified atom stereocenters. The minimum absolute atomic E-state index is 0.0416. The minimum Gasteiger partial charge on any atom is -0.465 e. The molecule has 3 saturated heterocycles. The Kier molecular flexibility index (Phi) is 9.49. The van der Waals surface area contributed by atoms with Crippen LogP contribution in [0.1, 0.15) is 65.2 Å². The first-order valence-electron chi connectivity index (χ1n) is 13.1. The first-order valence-corrected chi connectivity index (χ1v) is 13.9. The van der Waals surface area contributed by atoms with Gasteiger partial charge in [0.25, 0.3) is 0 Å². The van der Waals surface area contributed by atoms with Crippen LogP contribution in [-0.2, 0) is 19.1 Å². The smallest absolute Gasteiger partial charge is 0.311 e. The Balaban J connectivity index is 1.96. The number of aliphatic hydroxyl groups is 1. The van der Waals surface area contributed by atoms with E-state index in [4.69, 9.17) is 4.74 Å². The molecule has 35 heavy (non-hydrogen) atoms. The lowest BCUT2D eigenvalue weighted by atomic mass is 9.66. The van der Waals surface area contributed by atoms with Gasteiger partial charge in [0.1, 0.15) is 6.04 Å². The van der Waals surface area contributed by atoms with E-state index in [9.17, 15) is 19.5 Å². The summed E-state index contributed by atoms with van der Waals surface area (Å²) in [6.45, 7) is 13.5. The number of unbranched alkanes of at least 4 members (excludes halogenated alkanes) is 3. The number of rotatable bonds is 15. The Morgan fingerprint density at radius 3 is 2.66 bits per heavy atom. The molecule has 0 aromatic rings. The molecule has 2 bridgehead atoms. The molecule has 0 aromatic carbocycles. The largest absolute Gasteiger partial charge is 0.465 e. The number of thioether (sulfide) groups is 1. The highest BCUT2D eigenvalue weighted by atomic mass is 32.2. The normalized spacial score (nSPS) is 30.9. The van der Waals surface area contributed by atoms with Crippen LogP contribution in [0.5, 0.6) is 0 Å². The zero-order valence-electron chi connectivity index (χ0n) is 21.4. The maximum absolute atomic E-state index is 14.1. The number of hydrogen-bond donors (Lipinski definition) is 1. The Morgan fingerprint density at radius 2 is 2.00 bits per heavy atom. The molecule has 0 saturated carbocycles. The van der Waals surface area contributed by atoms with E-state index in [1.54, 1.807) is 28.8 Å². The van der Waals surface area contributed by atoms with Crippen LogP contribution in [0.2, 0.25) is 0 Å². The summed E-state index contributed by atoms with van der Waals surface area (Å²) >= 11 is 1.67. The fourth-order valence-corrected chi connectivity index (χ4v) is 8.54. The molecular formula is C27H42N2O5S. The van der Waals surface area contributed by atoms with E-state index in [1.807, 2.05) is 4.90 Å². The van der Waals surface area contributed by atoms with Gasteiger partial charge in [0.05, 0.1) is 23.2 Å². The molecule has 1 spiro atoms. The highest BCUT2D eigenvalue weighted by Gasteiger charge is 2.77. The number of hydrogen-bond acceptors (Lipinski definition) is 6. The summed E-state index contributed by atoms with van der Waals surface area (Å²) in [6, 6.07) is -0.613. The molecule has 0 aromatic heterocycles. The molecular weight excluding hydrogens is 464 g/mol. The van der Waals surface area contributed by atoms with Crippen LogP contribution >= 0.6 is 11.8 Å². The second-order valence-electron chi connectivity index (χ2n) is 10.2. The number of esters is 1. The molecule has 5 atom stereocenters. The number of amides is 2. The molecule has 196 valence electrons. The molecule has 0 radical (unpaired) electrons. The summed E-state index contributed by atoms with van der Waals surface area (Å²) in [6.07, 6.45) is 9.68. The SMILES string of the molecule is C=CCCOC(=O)[C@H]1[C@H]2C(=O)N(CCCCO)C(C(=O)N(CC=C)CCCCC)C23CC[C@]1(C)S3. The van der Waals surface area contributed by atoms with E-state index in [0.29, 0.717) is 38.9 Å². The average Bonchev–Trinajstić information content (AvgIpc) is 3.39. The van der Waals surface area contributed by atoms with E-state index in [0.717, 1.165) is 32.1 Å². The van der Waals surface area contributed by atoms with Crippen molar-refractivity contribution in [2.24, 2.45) is 11.8 Å². The lowest BCUT2D eigenvalue weighted by molar-refractivity contribution is -0.155. The van der Waals surface area contributed by atoms with Crippen molar-refractivity contribution < 1.29 is 24.2 Å². The number of likely N-dealkylation sites (tertiary alicyclic amines) is 1. The van der Waals surface area contributed by atoms with Crippen LogP contribution in [0.25, 0.3) is 0 Å². The second kappa shape index (κ2) is 12.0. The van der Waals surface area contributed by atoms with Gasteiger partial charge in [0, 0.05) is 31.0 Å². The number of aliphatic hydroxyl groups excluding tert-OH is 1. The fraction of sp³-hybridized carbons (Fsp3) is 0.741. The third-order valence-electron chi connectivity index (χ3n) is 7.83. The third-order valence-corrected chi connectivity index (χ3v) is 9.82. The highest BCUT2D eigenvalue weighted by molar-refractivity contribution is 8.02. The quantitative estimate of drug-likeness (QED) is 0.208. The van der Waals surface area contributed by atoms with Gasteiger partial charge < -0.3 is 19.6 Å².